The molecular formula is C18H17F6N3O. The van der Waals surface area contributed by atoms with E-state index in [-0.39, 0.29) is 5.95 Å². The highest BCUT2D eigenvalue weighted by molar-refractivity contribution is 5.54. The first kappa shape index (κ1) is 20.2. The van der Waals surface area contributed by atoms with E-state index in [1.807, 2.05) is 12.1 Å². The SMILES string of the molecule is FC(F)(F)COc1nc(Nc2ccc(C3CCCC3)cc2)ncc1C(F)(F)F. The Labute approximate surface area is 156 Å². The van der Waals surface area contributed by atoms with Crippen molar-refractivity contribution >= 4 is 11.6 Å². The lowest BCUT2D eigenvalue weighted by Crippen LogP contribution is -2.22. The molecule has 0 atom stereocenters. The van der Waals surface area contributed by atoms with Crippen LogP contribution in [0.5, 0.6) is 5.88 Å². The van der Waals surface area contributed by atoms with E-state index in [9.17, 15) is 26.3 Å². The summed E-state index contributed by atoms with van der Waals surface area (Å²) < 4.78 is 80.1. The Morgan fingerprint density at radius 3 is 2.21 bits per heavy atom. The van der Waals surface area contributed by atoms with Gasteiger partial charge in [0.1, 0.15) is 5.56 Å². The smallest absolute Gasteiger partial charge is 0.423 e. The lowest BCUT2D eigenvalue weighted by atomic mass is 9.98. The number of ether oxygens (including phenoxy) is 1. The molecule has 1 aromatic heterocycles. The van der Waals surface area contributed by atoms with Gasteiger partial charge in [0.2, 0.25) is 11.8 Å². The molecule has 0 aliphatic heterocycles. The van der Waals surface area contributed by atoms with Crippen LogP contribution in [0.1, 0.15) is 42.7 Å². The number of hydrogen-bond acceptors (Lipinski definition) is 4. The molecule has 0 radical (unpaired) electrons. The standard InChI is InChI=1S/C18H17F6N3O/c19-17(20,21)10-28-15-14(18(22,23)24)9-25-16(27-15)26-13-7-5-12(6-8-13)11-3-1-2-4-11/h5-9,11H,1-4,10H2,(H,25,26,27). The number of rotatable bonds is 5. The van der Waals surface area contributed by atoms with E-state index < -0.39 is 30.4 Å². The van der Waals surface area contributed by atoms with Gasteiger partial charge in [0.25, 0.3) is 0 Å². The minimum atomic E-state index is -4.94. The molecule has 4 nitrogen and oxygen atoms in total. The van der Waals surface area contributed by atoms with Gasteiger partial charge < -0.3 is 10.1 Å². The van der Waals surface area contributed by atoms with Crippen LogP contribution >= 0.6 is 0 Å². The van der Waals surface area contributed by atoms with Crippen molar-refractivity contribution in [3.05, 3.63) is 41.6 Å². The van der Waals surface area contributed by atoms with Crippen molar-refractivity contribution in [1.82, 2.24) is 9.97 Å². The van der Waals surface area contributed by atoms with E-state index in [4.69, 9.17) is 0 Å². The zero-order chi connectivity index (χ0) is 20.4. The fourth-order valence-electron chi connectivity index (χ4n) is 3.11. The van der Waals surface area contributed by atoms with Gasteiger partial charge in [0.05, 0.1) is 0 Å². The Hall–Kier alpha value is -2.52. The number of hydrogen-bond donors (Lipinski definition) is 1. The van der Waals surface area contributed by atoms with Crippen LogP contribution in [0.3, 0.4) is 0 Å². The Morgan fingerprint density at radius 2 is 1.64 bits per heavy atom. The molecule has 1 aliphatic carbocycles. The fourth-order valence-corrected chi connectivity index (χ4v) is 3.11. The van der Waals surface area contributed by atoms with Crippen molar-refractivity contribution in [2.75, 3.05) is 11.9 Å². The fraction of sp³-hybridized carbons (Fsp3) is 0.444. The summed E-state index contributed by atoms with van der Waals surface area (Å²) in [6.45, 7) is -1.89. The number of aromatic nitrogens is 2. The molecule has 0 spiro atoms. The van der Waals surface area contributed by atoms with Crippen LogP contribution in [-0.2, 0) is 6.18 Å². The first-order chi connectivity index (χ1) is 13.1. The van der Waals surface area contributed by atoms with Gasteiger partial charge in [0, 0.05) is 11.9 Å². The van der Waals surface area contributed by atoms with Crippen molar-refractivity contribution in [3.63, 3.8) is 0 Å². The van der Waals surface area contributed by atoms with Crippen molar-refractivity contribution < 1.29 is 31.1 Å². The van der Waals surface area contributed by atoms with Gasteiger partial charge >= 0.3 is 12.4 Å². The summed E-state index contributed by atoms with van der Waals surface area (Å²) in [5.41, 5.74) is 0.202. The van der Waals surface area contributed by atoms with Crippen LogP contribution in [0.2, 0.25) is 0 Å². The predicted octanol–water partition coefficient (Wildman–Crippen LogP) is 5.84. The topological polar surface area (TPSA) is 47.0 Å². The van der Waals surface area contributed by atoms with Crippen LogP contribution in [0.25, 0.3) is 0 Å². The van der Waals surface area contributed by atoms with Crippen molar-refractivity contribution in [2.45, 2.75) is 44.0 Å². The Bertz CT molecular complexity index is 798. The second-order valence-corrected chi connectivity index (χ2v) is 6.54. The van der Waals surface area contributed by atoms with E-state index in [2.05, 4.69) is 20.0 Å². The van der Waals surface area contributed by atoms with Crippen LogP contribution in [0.15, 0.2) is 30.5 Å². The molecule has 1 aromatic carbocycles. The highest BCUT2D eigenvalue weighted by Gasteiger charge is 2.38. The van der Waals surface area contributed by atoms with Gasteiger partial charge in [-0.1, -0.05) is 25.0 Å². The third-order valence-electron chi connectivity index (χ3n) is 4.43. The molecule has 1 N–H and O–H groups in total. The molecule has 10 heteroatoms. The monoisotopic (exact) mass is 405 g/mol. The summed E-state index contributed by atoms with van der Waals surface area (Å²) in [7, 11) is 0. The van der Waals surface area contributed by atoms with Gasteiger partial charge in [-0.05, 0) is 36.5 Å². The lowest BCUT2D eigenvalue weighted by molar-refractivity contribution is -0.159. The largest absolute Gasteiger partial charge is 0.467 e. The maximum Gasteiger partial charge on any atom is 0.423 e. The number of nitrogens with zero attached hydrogens (tertiary/aromatic N) is 2. The molecule has 0 amide bonds. The van der Waals surface area contributed by atoms with Gasteiger partial charge in [-0.15, -0.1) is 0 Å². The number of halogens is 6. The molecule has 28 heavy (non-hydrogen) atoms. The molecule has 2 aromatic rings. The average Bonchev–Trinajstić information content (AvgIpc) is 3.14. The highest BCUT2D eigenvalue weighted by Crippen LogP contribution is 2.37. The normalized spacial score (nSPS) is 15.6. The molecule has 1 aliphatic rings. The molecule has 3 rings (SSSR count). The van der Waals surface area contributed by atoms with E-state index in [1.54, 1.807) is 12.1 Å². The zero-order valence-electron chi connectivity index (χ0n) is 14.6. The molecule has 1 heterocycles. The summed E-state index contributed by atoms with van der Waals surface area (Å²) >= 11 is 0. The van der Waals surface area contributed by atoms with Gasteiger partial charge in [-0.3, -0.25) is 0 Å². The summed E-state index contributed by atoms with van der Waals surface area (Å²) in [6.07, 6.45) is -4.73. The first-order valence-corrected chi connectivity index (χ1v) is 8.62. The maximum atomic E-state index is 13.0. The summed E-state index contributed by atoms with van der Waals surface area (Å²) in [5.74, 6) is -0.970. The predicted molar refractivity (Wildman–Crippen MR) is 89.5 cm³/mol. The number of benzene rings is 1. The Balaban J connectivity index is 1.77. The van der Waals surface area contributed by atoms with Gasteiger partial charge in [-0.25, -0.2) is 4.98 Å². The summed E-state index contributed by atoms with van der Waals surface area (Å²) in [4.78, 5) is 7.01. The maximum absolute atomic E-state index is 13.0. The number of alkyl halides is 6. The van der Waals surface area contributed by atoms with E-state index in [0.717, 1.165) is 12.8 Å². The second-order valence-electron chi connectivity index (χ2n) is 6.54. The van der Waals surface area contributed by atoms with Crippen molar-refractivity contribution in [1.29, 1.82) is 0 Å². The minimum absolute atomic E-state index is 0.293. The van der Waals surface area contributed by atoms with Crippen LogP contribution in [-0.4, -0.2) is 22.8 Å². The Morgan fingerprint density at radius 1 is 1.00 bits per heavy atom. The zero-order valence-corrected chi connectivity index (χ0v) is 14.6. The third kappa shape index (κ3) is 5.26. The number of nitrogens with one attached hydrogen (secondary N) is 1. The Kier molecular flexibility index (Phi) is 5.66. The first-order valence-electron chi connectivity index (χ1n) is 8.62. The second kappa shape index (κ2) is 7.84. The molecular weight excluding hydrogens is 388 g/mol. The molecule has 0 saturated heterocycles. The van der Waals surface area contributed by atoms with Gasteiger partial charge in [-0.2, -0.15) is 31.3 Å². The van der Waals surface area contributed by atoms with E-state index in [0.29, 0.717) is 17.8 Å². The summed E-state index contributed by atoms with van der Waals surface area (Å²) in [5, 5.41) is 2.69. The quantitative estimate of drug-likeness (QED) is 0.635. The van der Waals surface area contributed by atoms with Crippen molar-refractivity contribution in [3.8, 4) is 5.88 Å². The third-order valence-corrected chi connectivity index (χ3v) is 4.43. The molecule has 0 unspecified atom stereocenters. The van der Waals surface area contributed by atoms with Crippen LogP contribution in [0.4, 0.5) is 38.0 Å². The molecule has 1 fully saturated rings. The average molecular weight is 405 g/mol. The van der Waals surface area contributed by atoms with Gasteiger partial charge in [0.15, 0.2) is 6.61 Å². The number of anilines is 2. The molecule has 0 bridgehead atoms. The minimum Gasteiger partial charge on any atom is -0.467 e. The summed E-state index contributed by atoms with van der Waals surface area (Å²) in [6, 6.07) is 7.27. The van der Waals surface area contributed by atoms with Crippen LogP contribution in [0, 0.1) is 0 Å². The van der Waals surface area contributed by atoms with Crippen molar-refractivity contribution in [2.24, 2.45) is 0 Å². The molecule has 1 saturated carbocycles. The highest BCUT2D eigenvalue weighted by atomic mass is 19.4. The van der Waals surface area contributed by atoms with E-state index in [1.165, 1.54) is 18.4 Å². The molecule has 152 valence electrons. The van der Waals surface area contributed by atoms with E-state index >= 15 is 0 Å². The lowest BCUT2D eigenvalue weighted by Gasteiger charge is -2.15. The van der Waals surface area contributed by atoms with Crippen LogP contribution < -0.4 is 10.1 Å².